The molecule has 6 nitrogen and oxygen atoms in total. The van der Waals surface area contributed by atoms with Gasteiger partial charge in [0.15, 0.2) is 0 Å². The van der Waals surface area contributed by atoms with Gasteiger partial charge < -0.3 is 11.1 Å². The second-order valence-electron chi connectivity index (χ2n) is 5.59. The maximum Gasteiger partial charge on any atom is 0.238 e. The Bertz CT molecular complexity index is 643. The largest absolute Gasteiger partial charge is 0.328 e. The molecular weight excluding hydrogens is 290 g/mol. The third kappa shape index (κ3) is 3.81. The molecule has 5 N–H and O–H groups in total. The molecule has 0 bridgehead atoms. The minimum absolute atomic E-state index is 0.0284. The third-order valence-corrected chi connectivity index (χ3v) is 4.99. The van der Waals surface area contributed by atoms with Crippen LogP contribution in [0.15, 0.2) is 23.1 Å². The molecule has 7 heteroatoms. The fraction of sp³-hybridized carbons (Fsp3) is 0.500. The molecule has 21 heavy (non-hydrogen) atoms. The smallest absolute Gasteiger partial charge is 0.238 e. The quantitative estimate of drug-likeness (QED) is 0.775. The number of nitrogens with two attached hydrogens (primary N) is 2. The fourth-order valence-corrected chi connectivity index (χ4v) is 3.56. The molecule has 0 aliphatic heterocycles. The minimum atomic E-state index is -3.80. The SMILES string of the molecule is Cc1c(NC(=O)C2CCCC(N)C2)cccc1S(N)(=O)=O. The van der Waals surface area contributed by atoms with Gasteiger partial charge in [0, 0.05) is 17.6 Å². The van der Waals surface area contributed by atoms with Crippen molar-refractivity contribution >= 4 is 21.6 Å². The third-order valence-electron chi connectivity index (χ3n) is 3.93. The van der Waals surface area contributed by atoms with Gasteiger partial charge in [-0.15, -0.1) is 0 Å². The first-order valence-electron chi connectivity index (χ1n) is 6.98. The van der Waals surface area contributed by atoms with Crippen molar-refractivity contribution in [3.63, 3.8) is 0 Å². The molecule has 1 aromatic carbocycles. The standard InChI is InChI=1S/C14H21N3O3S/c1-9-12(6-3-7-13(9)21(16,19)20)17-14(18)10-4-2-5-11(15)8-10/h3,6-7,10-11H,2,4-5,8,15H2,1H3,(H,17,18)(H2,16,19,20). The zero-order valence-corrected chi connectivity index (χ0v) is 12.8. The monoisotopic (exact) mass is 311 g/mol. The lowest BCUT2D eigenvalue weighted by Crippen LogP contribution is -2.34. The molecule has 0 spiro atoms. The van der Waals surface area contributed by atoms with E-state index in [4.69, 9.17) is 10.9 Å². The van der Waals surface area contributed by atoms with Gasteiger partial charge in [-0.3, -0.25) is 4.79 Å². The van der Waals surface area contributed by atoms with Gasteiger partial charge in [0.2, 0.25) is 15.9 Å². The van der Waals surface area contributed by atoms with Crippen LogP contribution in [-0.4, -0.2) is 20.4 Å². The first-order valence-corrected chi connectivity index (χ1v) is 8.52. The van der Waals surface area contributed by atoms with Crippen molar-refractivity contribution in [3.05, 3.63) is 23.8 Å². The van der Waals surface area contributed by atoms with Gasteiger partial charge in [-0.25, -0.2) is 13.6 Å². The van der Waals surface area contributed by atoms with Gasteiger partial charge in [0.1, 0.15) is 0 Å². The van der Waals surface area contributed by atoms with Gasteiger partial charge in [-0.2, -0.15) is 0 Å². The highest BCUT2D eigenvalue weighted by Gasteiger charge is 2.26. The first-order chi connectivity index (χ1) is 9.79. The van der Waals surface area contributed by atoms with Crippen molar-refractivity contribution < 1.29 is 13.2 Å². The van der Waals surface area contributed by atoms with Crippen LogP contribution < -0.4 is 16.2 Å². The highest BCUT2D eigenvalue weighted by atomic mass is 32.2. The molecule has 2 atom stereocenters. The van der Waals surface area contributed by atoms with E-state index in [2.05, 4.69) is 5.32 Å². The van der Waals surface area contributed by atoms with E-state index < -0.39 is 10.0 Å². The number of carbonyl (C=O) groups is 1. The van der Waals surface area contributed by atoms with Gasteiger partial charge >= 0.3 is 0 Å². The van der Waals surface area contributed by atoms with E-state index in [1.807, 2.05) is 0 Å². The van der Waals surface area contributed by atoms with Crippen molar-refractivity contribution in [1.82, 2.24) is 0 Å². The van der Waals surface area contributed by atoms with Crippen LogP contribution in [0.5, 0.6) is 0 Å². The zero-order valence-electron chi connectivity index (χ0n) is 12.0. The van der Waals surface area contributed by atoms with Gasteiger partial charge in [0.05, 0.1) is 4.90 Å². The Balaban J connectivity index is 2.18. The summed E-state index contributed by atoms with van der Waals surface area (Å²) in [5.41, 5.74) is 6.82. The van der Waals surface area contributed by atoms with Crippen LogP contribution >= 0.6 is 0 Å². The molecule has 0 saturated heterocycles. The van der Waals surface area contributed by atoms with Crippen LogP contribution in [0.2, 0.25) is 0 Å². The maximum absolute atomic E-state index is 12.3. The second-order valence-corrected chi connectivity index (χ2v) is 7.12. The number of nitrogens with one attached hydrogen (secondary N) is 1. The van der Waals surface area contributed by atoms with E-state index in [-0.39, 0.29) is 22.8 Å². The molecule has 1 aliphatic rings. The molecular formula is C14H21N3O3S. The molecule has 0 radical (unpaired) electrons. The average molecular weight is 311 g/mol. The Hall–Kier alpha value is -1.44. The molecule has 2 rings (SSSR count). The Morgan fingerprint density at radius 2 is 2.05 bits per heavy atom. The zero-order chi connectivity index (χ0) is 15.6. The second kappa shape index (κ2) is 6.13. The van der Waals surface area contributed by atoms with Crippen LogP contribution in [-0.2, 0) is 14.8 Å². The lowest BCUT2D eigenvalue weighted by atomic mass is 9.85. The molecule has 1 aromatic rings. The Labute approximate surface area is 124 Å². The fourth-order valence-electron chi connectivity index (χ4n) is 2.76. The summed E-state index contributed by atoms with van der Waals surface area (Å²) in [6, 6.07) is 4.72. The van der Waals surface area contributed by atoms with E-state index in [9.17, 15) is 13.2 Å². The first kappa shape index (κ1) is 15.9. The lowest BCUT2D eigenvalue weighted by molar-refractivity contribution is -0.120. The summed E-state index contributed by atoms with van der Waals surface area (Å²) < 4.78 is 23.0. The topological polar surface area (TPSA) is 115 Å². The number of hydrogen-bond donors (Lipinski definition) is 3. The van der Waals surface area contributed by atoms with Crippen molar-refractivity contribution in [2.24, 2.45) is 16.8 Å². The summed E-state index contributed by atoms with van der Waals surface area (Å²) in [6.07, 6.45) is 3.37. The molecule has 116 valence electrons. The Kier molecular flexibility index (Phi) is 4.65. The predicted molar refractivity (Wildman–Crippen MR) is 81.1 cm³/mol. The molecule has 1 saturated carbocycles. The number of hydrogen-bond acceptors (Lipinski definition) is 4. The number of primary sulfonamides is 1. The summed E-state index contributed by atoms with van der Waals surface area (Å²) in [5, 5.41) is 7.96. The number of amides is 1. The van der Waals surface area contributed by atoms with E-state index in [1.165, 1.54) is 6.07 Å². The molecule has 0 heterocycles. The van der Waals surface area contributed by atoms with Crippen molar-refractivity contribution in [2.75, 3.05) is 5.32 Å². The predicted octanol–water partition coefficient (Wildman–Crippen LogP) is 1.10. The van der Waals surface area contributed by atoms with E-state index in [0.717, 1.165) is 19.3 Å². The van der Waals surface area contributed by atoms with Crippen LogP contribution in [0, 0.1) is 12.8 Å². The highest BCUT2D eigenvalue weighted by Crippen LogP contribution is 2.27. The molecule has 1 fully saturated rings. The number of anilines is 1. The number of benzene rings is 1. The van der Waals surface area contributed by atoms with Crippen LogP contribution in [0.4, 0.5) is 5.69 Å². The van der Waals surface area contributed by atoms with Crippen molar-refractivity contribution in [2.45, 2.75) is 43.5 Å². The van der Waals surface area contributed by atoms with E-state index in [0.29, 0.717) is 17.7 Å². The lowest BCUT2D eigenvalue weighted by Gasteiger charge is -2.26. The van der Waals surface area contributed by atoms with Crippen LogP contribution in [0.25, 0.3) is 0 Å². The minimum Gasteiger partial charge on any atom is -0.328 e. The summed E-state index contributed by atoms with van der Waals surface area (Å²) in [5.74, 6) is -0.230. The molecule has 1 amide bonds. The average Bonchev–Trinajstić information content (AvgIpc) is 2.39. The van der Waals surface area contributed by atoms with E-state index in [1.54, 1.807) is 19.1 Å². The van der Waals surface area contributed by atoms with Gasteiger partial charge in [0.25, 0.3) is 0 Å². The Morgan fingerprint density at radius 3 is 2.67 bits per heavy atom. The summed E-state index contributed by atoms with van der Waals surface area (Å²) in [7, 11) is -3.80. The molecule has 0 aromatic heterocycles. The highest BCUT2D eigenvalue weighted by molar-refractivity contribution is 7.89. The van der Waals surface area contributed by atoms with Crippen LogP contribution in [0.3, 0.4) is 0 Å². The summed E-state index contributed by atoms with van der Waals surface area (Å²) in [6.45, 7) is 1.63. The number of rotatable bonds is 3. The summed E-state index contributed by atoms with van der Waals surface area (Å²) >= 11 is 0. The van der Waals surface area contributed by atoms with Crippen molar-refractivity contribution in [3.8, 4) is 0 Å². The number of sulfonamides is 1. The molecule has 2 unspecified atom stereocenters. The Morgan fingerprint density at radius 1 is 1.33 bits per heavy atom. The van der Waals surface area contributed by atoms with Gasteiger partial charge in [-0.1, -0.05) is 12.5 Å². The maximum atomic E-state index is 12.3. The van der Waals surface area contributed by atoms with Gasteiger partial charge in [-0.05, 0) is 43.9 Å². The van der Waals surface area contributed by atoms with Crippen molar-refractivity contribution in [1.29, 1.82) is 0 Å². The molecule has 1 aliphatic carbocycles. The van der Waals surface area contributed by atoms with Crippen LogP contribution in [0.1, 0.15) is 31.2 Å². The van der Waals surface area contributed by atoms with E-state index >= 15 is 0 Å². The number of carbonyl (C=O) groups excluding carboxylic acids is 1. The normalized spacial score (nSPS) is 22.8. The summed E-state index contributed by atoms with van der Waals surface area (Å²) in [4.78, 5) is 12.3.